The molecule has 0 radical (unpaired) electrons. The Morgan fingerprint density at radius 2 is 1.81 bits per heavy atom. The Morgan fingerprint density at radius 1 is 1.12 bits per heavy atom. The lowest BCUT2D eigenvalue weighted by Crippen LogP contribution is -2.39. The van der Waals surface area contributed by atoms with Crippen molar-refractivity contribution in [2.75, 3.05) is 13.1 Å². The van der Waals surface area contributed by atoms with Crippen LogP contribution in [0, 0.1) is 0 Å². The second kappa shape index (κ2) is 9.00. The highest BCUT2D eigenvalue weighted by Gasteiger charge is 2.16. The van der Waals surface area contributed by atoms with Crippen LogP contribution in [0.5, 0.6) is 0 Å². The molecule has 1 nitrogen and oxygen atoms in total. The summed E-state index contributed by atoms with van der Waals surface area (Å²) in [5.41, 5.74) is 3.48. The minimum absolute atomic E-state index is 0.00995. The molecule has 0 amide bonds. The molecule has 0 aromatic carbocycles. The molecular weight excluding hydrogens is 210 g/mol. The van der Waals surface area contributed by atoms with Crippen molar-refractivity contribution in [1.82, 2.24) is 4.90 Å². The third-order valence-electron chi connectivity index (χ3n) is 3.66. The SMILES string of the molecule is CCCC=C[SiH2]C(CC)N1CCCCCC1. The van der Waals surface area contributed by atoms with Gasteiger partial charge in [-0.05, 0) is 38.8 Å². The minimum Gasteiger partial charge on any atom is -0.303 e. The normalized spacial score (nSPS) is 21.9. The molecule has 1 unspecified atom stereocenters. The van der Waals surface area contributed by atoms with Crippen LogP contribution in [0.2, 0.25) is 0 Å². The fourth-order valence-corrected chi connectivity index (χ4v) is 4.31. The summed E-state index contributed by atoms with van der Waals surface area (Å²) in [5, 5.41) is 0. The van der Waals surface area contributed by atoms with Crippen molar-refractivity contribution in [3.8, 4) is 0 Å². The summed E-state index contributed by atoms with van der Waals surface area (Å²) in [7, 11) is -0.00995. The second-order valence-corrected chi connectivity index (χ2v) is 6.89. The topological polar surface area (TPSA) is 3.24 Å². The molecule has 2 heteroatoms. The highest BCUT2D eigenvalue weighted by atomic mass is 28.2. The van der Waals surface area contributed by atoms with Gasteiger partial charge in [-0.15, -0.1) is 5.70 Å². The number of hydrogen-bond donors (Lipinski definition) is 0. The van der Waals surface area contributed by atoms with E-state index in [0.29, 0.717) is 0 Å². The molecule has 1 aliphatic rings. The largest absolute Gasteiger partial charge is 0.303 e. The van der Waals surface area contributed by atoms with Crippen molar-refractivity contribution < 1.29 is 0 Å². The smallest absolute Gasteiger partial charge is 0.0646 e. The summed E-state index contributed by atoms with van der Waals surface area (Å²) in [6.07, 6.45) is 12.2. The maximum Gasteiger partial charge on any atom is 0.0646 e. The molecule has 94 valence electrons. The van der Waals surface area contributed by atoms with Gasteiger partial charge in [0.05, 0.1) is 9.52 Å². The van der Waals surface area contributed by atoms with Crippen LogP contribution in [0.15, 0.2) is 11.8 Å². The van der Waals surface area contributed by atoms with Gasteiger partial charge in [-0.25, -0.2) is 0 Å². The van der Waals surface area contributed by atoms with Gasteiger partial charge in [-0.3, -0.25) is 0 Å². The quantitative estimate of drug-likeness (QED) is 0.644. The standard InChI is InChI=1S/C14H29NSi/c1-3-5-10-13-16-14(4-2)15-11-8-6-7-9-12-15/h10,13-14H,3-9,11-12,16H2,1-2H3. The molecule has 1 rings (SSSR count). The lowest BCUT2D eigenvalue weighted by atomic mass is 10.2. The van der Waals surface area contributed by atoms with Crippen LogP contribution < -0.4 is 0 Å². The summed E-state index contributed by atoms with van der Waals surface area (Å²) >= 11 is 0. The van der Waals surface area contributed by atoms with Gasteiger partial charge in [-0.1, -0.05) is 39.2 Å². The van der Waals surface area contributed by atoms with Gasteiger partial charge in [0.1, 0.15) is 0 Å². The third kappa shape index (κ3) is 5.31. The zero-order valence-electron chi connectivity index (χ0n) is 11.3. The molecule has 0 bridgehead atoms. The third-order valence-corrected chi connectivity index (χ3v) is 5.90. The Balaban J connectivity index is 2.32. The molecule has 0 spiro atoms. The number of allylic oxidation sites excluding steroid dienone is 1. The van der Waals surface area contributed by atoms with Crippen molar-refractivity contribution in [3.63, 3.8) is 0 Å². The zero-order valence-corrected chi connectivity index (χ0v) is 12.7. The Morgan fingerprint density at radius 3 is 2.38 bits per heavy atom. The van der Waals surface area contributed by atoms with Crippen molar-refractivity contribution in [1.29, 1.82) is 0 Å². The van der Waals surface area contributed by atoms with Gasteiger partial charge in [-0.2, -0.15) is 0 Å². The molecule has 0 aromatic heterocycles. The highest BCUT2D eigenvalue weighted by molar-refractivity contribution is 6.44. The second-order valence-electron chi connectivity index (χ2n) is 5.01. The predicted octanol–water partition coefficient (Wildman–Crippen LogP) is 3.08. The molecule has 0 saturated carbocycles. The summed E-state index contributed by atoms with van der Waals surface area (Å²) in [6, 6.07) is 0. The summed E-state index contributed by atoms with van der Waals surface area (Å²) in [5.74, 6) is 0. The van der Waals surface area contributed by atoms with Crippen LogP contribution in [0.4, 0.5) is 0 Å². The first-order valence-corrected chi connectivity index (χ1v) is 8.90. The minimum atomic E-state index is -0.00995. The average Bonchev–Trinajstić information content (AvgIpc) is 2.58. The molecule has 0 aliphatic carbocycles. The Hall–Kier alpha value is -0.0831. The van der Waals surface area contributed by atoms with E-state index in [1.54, 1.807) is 0 Å². The van der Waals surface area contributed by atoms with E-state index >= 15 is 0 Å². The summed E-state index contributed by atoms with van der Waals surface area (Å²) < 4.78 is 0. The first-order chi connectivity index (χ1) is 7.88. The van der Waals surface area contributed by atoms with Crippen LogP contribution >= 0.6 is 0 Å². The molecule has 1 heterocycles. The van der Waals surface area contributed by atoms with Crippen molar-refractivity contribution in [2.45, 2.75) is 64.5 Å². The number of unbranched alkanes of at least 4 members (excludes halogenated alkanes) is 1. The maximum absolute atomic E-state index is 2.79. The van der Waals surface area contributed by atoms with Gasteiger partial charge >= 0.3 is 0 Å². The van der Waals surface area contributed by atoms with E-state index in [2.05, 4.69) is 30.5 Å². The first kappa shape index (κ1) is 14.0. The van der Waals surface area contributed by atoms with E-state index in [0.717, 1.165) is 5.67 Å². The number of nitrogens with zero attached hydrogens (tertiary/aromatic N) is 1. The fraction of sp³-hybridized carbons (Fsp3) is 0.857. The van der Waals surface area contributed by atoms with E-state index in [1.165, 1.54) is 58.0 Å². The van der Waals surface area contributed by atoms with Gasteiger partial charge in [0.2, 0.25) is 0 Å². The van der Waals surface area contributed by atoms with Crippen LogP contribution in [0.1, 0.15) is 58.8 Å². The van der Waals surface area contributed by atoms with Gasteiger partial charge < -0.3 is 4.90 Å². The predicted molar refractivity (Wildman–Crippen MR) is 76.7 cm³/mol. The molecule has 0 N–H and O–H groups in total. The maximum atomic E-state index is 2.79. The van der Waals surface area contributed by atoms with E-state index in [9.17, 15) is 0 Å². The Kier molecular flexibility index (Phi) is 7.86. The molecule has 1 fully saturated rings. The highest BCUT2D eigenvalue weighted by Crippen LogP contribution is 2.13. The van der Waals surface area contributed by atoms with Crippen molar-refractivity contribution in [2.24, 2.45) is 0 Å². The average molecular weight is 239 g/mol. The van der Waals surface area contributed by atoms with Crippen LogP contribution in [-0.4, -0.2) is 33.2 Å². The molecule has 0 aromatic rings. The van der Waals surface area contributed by atoms with E-state index < -0.39 is 0 Å². The van der Waals surface area contributed by atoms with Crippen LogP contribution in [0.3, 0.4) is 0 Å². The van der Waals surface area contributed by atoms with Crippen LogP contribution in [0.25, 0.3) is 0 Å². The first-order valence-electron chi connectivity index (χ1n) is 7.27. The number of likely N-dealkylation sites (tertiary alicyclic amines) is 1. The van der Waals surface area contributed by atoms with E-state index in [-0.39, 0.29) is 9.52 Å². The number of rotatable bonds is 6. The van der Waals surface area contributed by atoms with Gasteiger partial charge in [0.15, 0.2) is 0 Å². The number of hydrogen-bond acceptors (Lipinski definition) is 1. The lowest BCUT2D eigenvalue weighted by Gasteiger charge is -2.28. The molecule has 1 atom stereocenters. The van der Waals surface area contributed by atoms with Crippen LogP contribution in [-0.2, 0) is 0 Å². The van der Waals surface area contributed by atoms with Gasteiger partial charge in [0, 0.05) is 5.67 Å². The summed E-state index contributed by atoms with van der Waals surface area (Å²) in [6.45, 7) is 7.37. The fourth-order valence-electron chi connectivity index (χ4n) is 2.57. The molecule has 16 heavy (non-hydrogen) atoms. The molecule has 1 saturated heterocycles. The monoisotopic (exact) mass is 239 g/mol. The van der Waals surface area contributed by atoms with E-state index in [4.69, 9.17) is 0 Å². The van der Waals surface area contributed by atoms with Crippen molar-refractivity contribution in [3.05, 3.63) is 11.8 Å². The summed E-state index contributed by atoms with van der Waals surface area (Å²) in [4.78, 5) is 2.79. The molecule has 1 aliphatic heterocycles. The zero-order chi connectivity index (χ0) is 11.6. The Bertz CT molecular complexity index is 183. The van der Waals surface area contributed by atoms with E-state index in [1.807, 2.05) is 0 Å². The Labute approximate surface area is 104 Å². The molecular formula is C14H29NSi. The lowest BCUT2D eigenvalue weighted by molar-refractivity contribution is 0.254. The van der Waals surface area contributed by atoms with Crippen molar-refractivity contribution >= 4 is 9.52 Å². The van der Waals surface area contributed by atoms with Gasteiger partial charge in [0.25, 0.3) is 0 Å².